The SMILES string of the molecule is C=CCc1ccc(-c2cc[c]cc2)cc1. The smallest absolute Gasteiger partial charge is 0.0100 e. The van der Waals surface area contributed by atoms with Gasteiger partial charge in [0.15, 0.2) is 0 Å². The summed E-state index contributed by atoms with van der Waals surface area (Å²) >= 11 is 0. The molecule has 73 valence electrons. The molecule has 0 aliphatic rings. The van der Waals surface area contributed by atoms with E-state index >= 15 is 0 Å². The van der Waals surface area contributed by atoms with Crippen LogP contribution in [-0.4, -0.2) is 0 Å². The van der Waals surface area contributed by atoms with Gasteiger partial charge in [0.25, 0.3) is 0 Å². The van der Waals surface area contributed by atoms with Gasteiger partial charge in [-0.1, -0.05) is 54.6 Å². The van der Waals surface area contributed by atoms with Crippen LogP contribution >= 0.6 is 0 Å². The quantitative estimate of drug-likeness (QED) is 0.649. The number of benzene rings is 2. The lowest BCUT2D eigenvalue weighted by Gasteiger charge is -2.02. The monoisotopic (exact) mass is 193 g/mol. The molecule has 2 aromatic rings. The standard InChI is InChI=1S/C15H13/c1-2-6-13-9-11-15(12-10-13)14-7-4-3-5-8-14/h2,4-5,7-12H,1,6H2. The second kappa shape index (κ2) is 4.61. The summed E-state index contributed by atoms with van der Waals surface area (Å²) in [6.07, 6.45) is 2.86. The van der Waals surface area contributed by atoms with Crippen molar-refractivity contribution in [3.8, 4) is 11.1 Å². The van der Waals surface area contributed by atoms with Crippen molar-refractivity contribution in [1.82, 2.24) is 0 Å². The van der Waals surface area contributed by atoms with Gasteiger partial charge in [0, 0.05) is 0 Å². The van der Waals surface area contributed by atoms with E-state index in [4.69, 9.17) is 0 Å². The number of rotatable bonds is 3. The molecule has 0 atom stereocenters. The van der Waals surface area contributed by atoms with Crippen molar-refractivity contribution in [3.63, 3.8) is 0 Å². The second-order valence-electron chi connectivity index (χ2n) is 3.48. The first kappa shape index (κ1) is 9.72. The molecule has 0 nitrogen and oxygen atoms in total. The van der Waals surface area contributed by atoms with Crippen LogP contribution < -0.4 is 0 Å². The third kappa shape index (κ3) is 2.35. The third-order valence-electron chi connectivity index (χ3n) is 2.39. The Labute approximate surface area is 90.9 Å². The minimum atomic E-state index is 0.933. The molecular formula is C15H13. The van der Waals surface area contributed by atoms with Crippen molar-refractivity contribution in [1.29, 1.82) is 0 Å². The zero-order chi connectivity index (χ0) is 10.5. The van der Waals surface area contributed by atoms with Gasteiger partial charge < -0.3 is 0 Å². The molecule has 2 rings (SSSR count). The molecule has 0 fully saturated rings. The normalized spacial score (nSPS) is 9.87. The molecule has 1 radical (unpaired) electrons. The van der Waals surface area contributed by atoms with Crippen LogP contribution in [0.15, 0.2) is 61.2 Å². The summed E-state index contributed by atoms with van der Waals surface area (Å²) in [6, 6.07) is 19.6. The maximum absolute atomic E-state index is 3.73. The Kier molecular flexibility index (Phi) is 2.99. The molecule has 0 N–H and O–H groups in total. The molecule has 0 heteroatoms. The first-order valence-corrected chi connectivity index (χ1v) is 5.06. The molecule has 0 amide bonds. The summed E-state index contributed by atoms with van der Waals surface area (Å²) in [7, 11) is 0. The first-order chi connectivity index (χ1) is 7.40. The van der Waals surface area contributed by atoms with Crippen LogP contribution in [0.25, 0.3) is 11.1 Å². The van der Waals surface area contributed by atoms with Crippen LogP contribution in [0.5, 0.6) is 0 Å². The number of hydrogen-bond donors (Lipinski definition) is 0. The predicted molar refractivity (Wildman–Crippen MR) is 64.6 cm³/mol. The Balaban J connectivity index is 2.28. The Morgan fingerprint density at radius 2 is 1.53 bits per heavy atom. The fourth-order valence-corrected chi connectivity index (χ4v) is 1.58. The van der Waals surface area contributed by atoms with E-state index in [-0.39, 0.29) is 0 Å². The highest BCUT2D eigenvalue weighted by atomic mass is 14.0. The van der Waals surface area contributed by atoms with Crippen LogP contribution in [0.1, 0.15) is 5.56 Å². The molecule has 0 aliphatic heterocycles. The van der Waals surface area contributed by atoms with Crippen molar-refractivity contribution in [3.05, 3.63) is 72.8 Å². The fraction of sp³-hybridized carbons (Fsp3) is 0.0667. The molecule has 0 heterocycles. The minimum Gasteiger partial charge on any atom is -0.103 e. The van der Waals surface area contributed by atoms with Crippen LogP contribution in [0.2, 0.25) is 0 Å². The van der Waals surface area contributed by atoms with Crippen LogP contribution in [0.3, 0.4) is 0 Å². The molecule has 0 spiro atoms. The highest BCUT2D eigenvalue weighted by Crippen LogP contribution is 2.19. The summed E-state index contributed by atoms with van der Waals surface area (Å²) in [5, 5.41) is 0. The number of hydrogen-bond acceptors (Lipinski definition) is 0. The maximum Gasteiger partial charge on any atom is -0.0100 e. The molecule has 2 aromatic carbocycles. The molecule has 0 saturated heterocycles. The molecule has 0 bridgehead atoms. The first-order valence-electron chi connectivity index (χ1n) is 5.06. The van der Waals surface area contributed by atoms with Crippen molar-refractivity contribution in [2.75, 3.05) is 0 Å². The van der Waals surface area contributed by atoms with Crippen LogP contribution in [0.4, 0.5) is 0 Å². The van der Waals surface area contributed by atoms with Crippen molar-refractivity contribution >= 4 is 0 Å². The lowest BCUT2D eigenvalue weighted by atomic mass is 10.0. The topological polar surface area (TPSA) is 0 Å². The molecule has 0 saturated carbocycles. The Morgan fingerprint density at radius 1 is 0.933 bits per heavy atom. The predicted octanol–water partition coefficient (Wildman–Crippen LogP) is 3.88. The van der Waals surface area contributed by atoms with Crippen LogP contribution in [-0.2, 0) is 6.42 Å². The van der Waals surface area contributed by atoms with Crippen LogP contribution in [0, 0.1) is 6.07 Å². The van der Waals surface area contributed by atoms with E-state index in [1.807, 2.05) is 18.2 Å². The molecule has 0 aliphatic carbocycles. The van der Waals surface area contributed by atoms with E-state index in [1.54, 1.807) is 0 Å². The van der Waals surface area contributed by atoms with Gasteiger partial charge in [-0.3, -0.25) is 0 Å². The maximum atomic E-state index is 3.73. The lowest BCUT2D eigenvalue weighted by molar-refractivity contribution is 1.28. The van der Waals surface area contributed by atoms with E-state index in [2.05, 4.69) is 49.0 Å². The lowest BCUT2D eigenvalue weighted by Crippen LogP contribution is -1.81. The molecule has 0 unspecified atom stereocenters. The summed E-state index contributed by atoms with van der Waals surface area (Å²) in [5.74, 6) is 0. The highest BCUT2D eigenvalue weighted by Gasteiger charge is 1.95. The summed E-state index contributed by atoms with van der Waals surface area (Å²) in [4.78, 5) is 0. The van der Waals surface area contributed by atoms with Gasteiger partial charge in [-0.15, -0.1) is 6.58 Å². The Hall–Kier alpha value is -1.82. The average Bonchev–Trinajstić information content (AvgIpc) is 2.32. The number of allylic oxidation sites excluding steroid dienone is 1. The van der Waals surface area contributed by atoms with Gasteiger partial charge in [-0.25, -0.2) is 0 Å². The van der Waals surface area contributed by atoms with Crippen molar-refractivity contribution in [2.24, 2.45) is 0 Å². The van der Waals surface area contributed by atoms with Gasteiger partial charge >= 0.3 is 0 Å². The van der Waals surface area contributed by atoms with E-state index < -0.39 is 0 Å². The zero-order valence-electron chi connectivity index (χ0n) is 8.61. The van der Waals surface area contributed by atoms with Crippen molar-refractivity contribution in [2.45, 2.75) is 6.42 Å². The molecule has 0 aromatic heterocycles. The largest absolute Gasteiger partial charge is 0.103 e. The third-order valence-corrected chi connectivity index (χ3v) is 2.39. The van der Waals surface area contributed by atoms with E-state index in [9.17, 15) is 0 Å². The van der Waals surface area contributed by atoms with Gasteiger partial charge in [-0.2, -0.15) is 0 Å². The molecular weight excluding hydrogens is 180 g/mol. The minimum absolute atomic E-state index is 0.933. The van der Waals surface area contributed by atoms with E-state index in [0.29, 0.717) is 0 Å². The average molecular weight is 193 g/mol. The van der Waals surface area contributed by atoms with Gasteiger partial charge in [0.2, 0.25) is 0 Å². The van der Waals surface area contributed by atoms with E-state index in [1.165, 1.54) is 16.7 Å². The Morgan fingerprint density at radius 3 is 2.13 bits per heavy atom. The zero-order valence-corrected chi connectivity index (χ0v) is 8.61. The highest BCUT2D eigenvalue weighted by molar-refractivity contribution is 5.63. The van der Waals surface area contributed by atoms with Gasteiger partial charge in [-0.05, 0) is 29.2 Å². The summed E-state index contributed by atoms with van der Waals surface area (Å²) < 4.78 is 0. The second-order valence-corrected chi connectivity index (χ2v) is 3.48. The Bertz CT molecular complexity index is 423. The fourth-order valence-electron chi connectivity index (χ4n) is 1.58. The summed E-state index contributed by atoms with van der Waals surface area (Å²) in [5.41, 5.74) is 3.78. The van der Waals surface area contributed by atoms with Gasteiger partial charge in [0.1, 0.15) is 0 Å². The summed E-state index contributed by atoms with van der Waals surface area (Å²) in [6.45, 7) is 3.73. The van der Waals surface area contributed by atoms with E-state index in [0.717, 1.165) is 6.42 Å². The molecule has 15 heavy (non-hydrogen) atoms. The van der Waals surface area contributed by atoms with Crippen molar-refractivity contribution < 1.29 is 0 Å². The van der Waals surface area contributed by atoms with Gasteiger partial charge in [0.05, 0.1) is 0 Å².